The zero-order chi connectivity index (χ0) is 12.6. The zero-order valence-corrected chi connectivity index (χ0v) is 8.32. The molecule has 1 aliphatic rings. The lowest BCUT2D eigenvalue weighted by molar-refractivity contribution is -0.152. The van der Waals surface area contributed by atoms with Crippen LogP contribution in [0.2, 0.25) is 0 Å². The second-order valence-electron chi connectivity index (χ2n) is 3.52. The molecule has 1 aliphatic heterocycles. The molecule has 2 heterocycles. The van der Waals surface area contributed by atoms with Crippen molar-refractivity contribution in [1.29, 1.82) is 0 Å². The van der Waals surface area contributed by atoms with Gasteiger partial charge < -0.3 is 4.74 Å². The van der Waals surface area contributed by atoms with Crippen molar-refractivity contribution < 1.29 is 27.5 Å². The molecule has 17 heavy (non-hydrogen) atoms. The molecule has 1 saturated heterocycles. The maximum atomic E-state index is 12.2. The summed E-state index contributed by atoms with van der Waals surface area (Å²) in [6, 6.07) is 1.89. The van der Waals surface area contributed by atoms with Crippen molar-refractivity contribution in [2.75, 3.05) is 0 Å². The number of alkyl halides is 3. The molecule has 2 rings (SSSR count). The van der Waals surface area contributed by atoms with Crippen molar-refractivity contribution in [2.45, 2.75) is 18.5 Å². The molecule has 0 N–H and O–H groups in total. The number of nitrogens with zero attached hydrogens (tertiary/aromatic N) is 1. The molecule has 0 aromatic carbocycles. The third kappa shape index (κ3) is 2.27. The molecule has 7 heteroatoms. The van der Waals surface area contributed by atoms with Crippen molar-refractivity contribution in [2.24, 2.45) is 0 Å². The van der Waals surface area contributed by atoms with E-state index < -0.39 is 29.7 Å². The van der Waals surface area contributed by atoms with Crippen LogP contribution in [0.4, 0.5) is 13.2 Å². The normalized spacial score (nSPS) is 20.5. The van der Waals surface area contributed by atoms with Crippen molar-refractivity contribution in [3.63, 3.8) is 0 Å². The van der Waals surface area contributed by atoms with E-state index in [0.717, 1.165) is 18.3 Å². The molecular formula is C10H6F3NO3. The van der Waals surface area contributed by atoms with Gasteiger partial charge in [0.05, 0.1) is 12.3 Å². The fraction of sp³-hybridized carbons (Fsp3) is 0.300. The molecule has 0 radical (unpaired) electrons. The number of ether oxygens (including phenoxy) is 1. The summed E-state index contributed by atoms with van der Waals surface area (Å²) < 4.78 is 41.0. The average Bonchev–Trinajstić information content (AvgIpc) is 2.57. The fourth-order valence-electron chi connectivity index (χ4n) is 1.51. The van der Waals surface area contributed by atoms with Crippen LogP contribution in [0.15, 0.2) is 18.3 Å². The lowest BCUT2D eigenvalue weighted by Gasteiger charge is -2.08. The predicted octanol–water partition coefficient (Wildman–Crippen LogP) is 1.66. The summed E-state index contributed by atoms with van der Waals surface area (Å²) in [6.07, 6.45) is -3.75. The number of carbonyl (C=O) groups is 2. The molecule has 0 bridgehead atoms. The molecule has 1 aromatic heterocycles. The van der Waals surface area contributed by atoms with Gasteiger partial charge in [0.15, 0.2) is 0 Å². The van der Waals surface area contributed by atoms with Crippen LogP contribution < -0.4 is 0 Å². The molecule has 90 valence electrons. The van der Waals surface area contributed by atoms with Crippen LogP contribution in [0.3, 0.4) is 0 Å². The Balaban J connectivity index is 2.24. The highest BCUT2D eigenvalue weighted by atomic mass is 19.4. The van der Waals surface area contributed by atoms with Gasteiger partial charge in [-0.1, -0.05) is 6.07 Å². The van der Waals surface area contributed by atoms with E-state index in [0.29, 0.717) is 0 Å². The Kier molecular flexibility index (Phi) is 2.60. The van der Waals surface area contributed by atoms with Gasteiger partial charge in [-0.25, -0.2) is 0 Å². The summed E-state index contributed by atoms with van der Waals surface area (Å²) in [5.41, 5.74) is -0.798. The first-order chi connectivity index (χ1) is 7.88. The van der Waals surface area contributed by atoms with Gasteiger partial charge in [-0.15, -0.1) is 0 Å². The van der Waals surface area contributed by atoms with Crippen LogP contribution in [-0.4, -0.2) is 16.9 Å². The van der Waals surface area contributed by atoms with Gasteiger partial charge in [0, 0.05) is 6.20 Å². The minimum Gasteiger partial charge on any atom is -0.393 e. The van der Waals surface area contributed by atoms with Crippen LogP contribution in [0.1, 0.15) is 23.6 Å². The van der Waals surface area contributed by atoms with Crippen molar-refractivity contribution in [1.82, 2.24) is 4.98 Å². The van der Waals surface area contributed by atoms with E-state index in [1.807, 2.05) is 0 Å². The van der Waals surface area contributed by atoms with Gasteiger partial charge in [0.1, 0.15) is 5.69 Å². The van der Waals surface area contributed by atoms with E-state index >= 15 is 0 Å². The molecule has 4 nitrogen and oxygen atoms in total. The number of cyclic esters (lactones) is 2. The number of hydrogen-bond donors (Lipinski definition) is 0. The predicted molar refractivity (Wildman–Crippen MR) is 47.7 cm³/mol. The minimum absolute atomic E-state index is 0.161. The largest absolute Gasteiger partial charge is 0.433 e. The van der Waals surface area contributed by atoms with Crippen LogP contribution in [0, 0.1) is 0 Å². The summed E-state index contributed by atoms with van der Waals surface area (Å²) in [5, 5.41) is 0. The molecule has 0 saturated carbocycles. The maximum absolute atomic E-state index is 12.2. The van der Waals surface area contributed by atoms with E-state index in [1.54, 1.807) is 0 Å². The lowest BCUT2D eigenvalue weighted by Crippen LogP contribution is -2.10. The number of aromatic nitrogens is 1. The standard InChI is InChI=1S/C10H6F3NO3/c11-10(12,13)7-2-1-5(4-14-7)6-3-8(15)17-9(6)16/h1-2,4,6H,3H2. The first-order valence-corrected chi connectivity index (χ1v) is 4.65. The van der Waals surface area contributed by atoms with Crippen molar-refractivity contribution in [3.05, 3.63) is 29.6 Å². The van der Waals surface area contributed by atoms with E-state index in [4.69, 9.17) is 0 Å². The Morgan fingerprint density at radius 1 is 1.29 bits per heavy atom. The van der Waals surface area contributed by atoms with Crippen LogP contribution in [0.5, 0.6) is 0 Å². The topological polar surface area (TPSA) is 56.3 Å². The van der Waals surface area contributed by atoms with Gasteiger partial charge in [-0.2, -0.15) is 13.2 Å². The molecule has 1 fully saturated rings. The molecule has 1 aromatic rings. The quantitative estimate of drug-likeness (QED) is 0.557. The Morgan fingerprint density at radius 3 is 2.41 bits per heavy atom. The number of carbonyl (C=O) groups excluding carboxylic acids is 2. The molecule has 1 unspecified atom stereocenters. The first kappa shape index (κ1) is 11.6. The first-order valence-electron chi connectivity index (χ1n) is 4.65. The molecule has 0 amide bonds. The SMILES string of the molecule is O=C1CC(c2ccc(C(F)(F)F)nc2)C(=O)O1. The second-order valence-corrected chi connectivity index (χ2v) is 3.52. The smallest absolute Gasteiger partial charge is 0.393 e. The van der Waals surface area contributed by atoms with E-state index in [9.17, 15) is 22.8 Å². The summed E-state index contributed by atoms with van der Waals surface area (Å²) in [5.74, 6) is -2.28. The van der Waals surface area contributed by atoms with Gasteiger partial charge >= 0.3 is 18.1 Å². The summed E-state index contributed by atoms with van der Waals surface area (Å²) in [7, 11) is 0. The Bertz CT molecular complexity index is 467. The van der Waals surface area contributed by atoms with Gasteiger partial charge in [0.25, 0.3) is 0 Å². The summed E-state index contributed by atoms with van der Waals surface area (Å²) in [4.78, 5) is 25.2. The van der Waals surface area contributed by atoms with E-state index in [2.05, 4.69) is 9.72 Å². The highest BCUT2D eigenvalue weighted by Gasteiger charge is 2.36. The Labute approximate surface area is 93.4 Å². The van der Waals surface area contributed by atoms with Gasteiger partial charge in [-0.3, -0.25) is 14.6 Å². The van der Waals surface area contributed by atoms with Crippen molar-refractivity contribution in [3.8, 4) is 0 Å². The average molecular weight is 245 g/mol. The highest BCUT2D eigenvalue weighted by Crippen LogP contribution is 2.30. The number of esters is 2. The lowest BCUT2D eigenvalue weighted by atomic mass is 9.99. The third-order valence-electron chi connectivity index (χ3n) is 2.35. The van der Waals surface area contributed by atoms with Crippen LogP contribution in [0.25, 0.3) is 0 Å². The molecule has 1 atom stereocenters. The Morgan fingerprint density at radius 2 is 2.00 bits per heavy atom. The highest BCUT2D eigenvalue weighted by molar-refractivity contribution is 5.97. The molecule has 0 spiro atoms. The zero-order valence-electron chi connectivity index (χ0n) is 8.32. The van der Waals surface area contributed by atoms with Crippen LogP contribution in [-0.2, 0) is 20.5 Å². The number of halogens is 3. The molecular weight excluding hydrogens is 239 g/mol. The fourth-order valence-corrected chi connectivity index (χ4v) is 1.51. The van der Waals surface area contributed by atoms with Gasteiger partial charge in [-0.05, 0) is 11.6 Å². The molecule has 0 aliphatic carbocycles. The number of pyridine rings is 1. The maximum Gasteiger partial charge on any atom is 0.433 e. The Hall–Kier alpha value is -1.92. The van der Waals surface area contributed by atoms with Crippen LogP contribution >= 0.6 is 0 Å². The second kappa shape index (κ2) is 3.83. The summed E-state index contributed by atoms with van der Waals surface area (Å²) in [6.45, 7) is 0. The van der Waals surface area contributed by atoms with E-state index in [-0.39, 0.29) is 12.0 Å². The number of hydrogen-bond acceptors (Lipinski definition) is 4. The monoisotopic (exact) mass is 245 g/mol. The third-order valence-corrected chi connectivity index (χ3v) is 2.35. The minimum atomic E-state index is -4.52. The van der Waals surface area contributed by atoms with Crippen molar-refractivity contribution >= 4 is 11.9 Å². The van der Waals surface area contributed by atoms with Gasteiger partial charge in [0.2, 0.25) is 0 Å². The number of rotatable bonds is 1. The summed E-state index contributed by atoms with van der Waals surface area (Å²) >= 11 is 0. The van der Waals surface area contributed by atoms with E-state index in [1.165, 1.54) is 0 Å².